The third-order valence-electron chi connectivity index (χ3n) is 5.07. The minimum atomic E-state index is -3.01. The Hall–Kier alpha value is -3.72. The van der Waals surface area contributed by atoms with Crippen molar-refractivity contribution in [1.29, 1.82) is 0 Å². The van der Waals surface area contributed by atoms with Crippen LogP contribution in [0.3, 0.4) is 0 Å². The fourth-order valence-corrected chi connectivity index (χ4v) is 3.55. The molecule has 1 aliphatic rings. The van der Waals surface area contributed by atoms with Gasteiger partial charge in [-0.3, -0.25) is 4.98 Å². The van der Waals surface area contributed by atoms with Crippen molar-refractivity contribution in [2.24, 2.45) is 0 Å². The van der Waals surface area contributed by atoms with E-state index in [0.29, 0.717) is 30.9 Å². The molecule has 1 aromatic heterocycles. The van der Waals surface area contributed by atoms with Crippen LogP contribution in [0.4, 0.5) is 20.2 Å². The predicted octanol–water partition coefficient (Wildman–Crippen LogP) is 5.23. The number of hydrogen-bond acceptors (Lipinski definition) is 6. The molecule has 0 saturated carbocycles. The fraction of sp³-hybridized carbons (Fsp3) is 0.250. The van der Waals surface area contributed by atoms with Gasteiger partial charge >= 0.3 is 12.6 Å². The van der Waals surface area contributed by atoms with Crippen LogP contribution in [0.25, 0.3) is 0 Å². The smallest absolute Gasteiger partial charge is 0.387 e. The first-order valence-electron chi connectivity index (χ1n) is 10.4. The highest BCUT2D eigenvalue weighted by molar-refractivity contribution is 5.89. The van der Waals surface area contributed by atoms with Crippen LogP contribution in [-0.4, -0.2) is 35.6 Å². The number of benzene rings is 2. The van der Waals surface area contributed by atoms with Crippen LogP contribution in [0.2, 0.25) is 0 Å². The molecule has 1 aliphatic heterocycles. The quantitative estimate of drug-likeness (QED) is 0.472. The van der Waals surface area contributed by atoms with Gasteiger partial charge in [0.1, 0.15) is 0 Å². The highest BCUT2D eigenvalue weighted by Crippen LogP contribution is 2.38. The van der Waals surface area contributed by atoms with Crippen LogP contribution in [0.15, 0.2) is 67.0 Å². The molecule has 0 radical (unpaired) electrons. The first-order valence-corrected chi connectivity index (χ1v) is 10.4. The lowest BCUT2D eigenvalue weighted by atomic mass is 10.1. The number of aromatic carboxylic acids is 1. The standard InChI is InChI=1S/C24H22F2N2O5/c25-24(26)33-20-9-8-19(13-21(20)32-22-7-3-11-31-22)28(15-16-4-2-10-27-14-16)18-6-1-5-17(12-18)23(29)30/h1-2,4-6,8-10,12-14,22,24H,3,7,11,15H2,(H,29,30). The minimum absolute atomic E-state index is 0.107. The Labute approximate surface area is 189 Å². The van der Waals surface area contributed by atoms with Gasteiger partial charge in [-0.2, -0.15) is 8.78 Å². The minimum Gasteiger partial charge on any atom is -0.478 e. The lowest BCUT2D eigenvalue weighted by Crippen LogP contribution is -2.19. The summed E-state index contributed by atoms with van der Waals surface area (Å²) in [5.41, 5.74) is 2.19. The van der Waals surface area contributed by atoms with Gasteiger partial charge in [0.15, 0.2) is 17.8 Å². The molecular formula is C24H22F2N2O5. The van der Waals surface area contributed by atoms with Gasteiger partial charge in [-0.15, -0.1) is 0 Å². The molecule has 1 fully saturated rings. The summed E-state index contributed by atoms with van der Waals surface area (Å²) in [6.07, 6.45) is 4.25. The van der Waals surface area contributed by atoms with E-state index in [9.17, 15) is 18.7 Å². The zero-order valence-electron chi connectivity index (χ0n) is 17.6. The first kappa shape index (κ1) is 22.5. The Bertz CT molecular complexity index is 1090. The lowest BCUT2D eigenvalue weighted by molar-refractivity contribution is -0.0632. The van der Waals surface area contributed by atoms with Crippen molar-refractivity contribution in [3.63, 3.8) is 0 Å². The van der Waals surface area contributed by atoms with Crippen LogP contribution in [-0.2, 0) is 11.3 Å². The molecule has 172 valence electrons. The Morgan fingerprint density at radius 3 is 2.70 bits per heavy atom. The molecule has 0 spiro atoms. The number of aromatic nitrogens is 1. The first-order chi connectivity index (χ1) is 16.0. The summed E-state index contributed by atoms with van der Waals surface area (Å²) >= 11 is 0. The van der Waals surface area contributed by atoms with E-state index < -0.39 is 18.9 Å². The Morgan fingerprint density at radius 2 is 2.00 bits per heavy atom. The van der Waals surface area contributed by atoms with E-state index in [1.165, 1.54) is 12.1 Å². The molecule has 1 atom stereocenters. The molecule has 33 heavy (non-hydrogen) atoms. The van der Waals surface area contributed by atoms with Gasteiger partial charge in [-0.1, -0.05) is 12.1 Å². The van der Waals surface area contributed by atoms with E-state index in [1.807, 2.05) is 11.0 Å². The average Bonchev–Trinajstić information content (AvgIpc) is 3.32. The topological polar surface area (TPSA) is 81.1 Å². The molecule has 0 bridgehead atoms. The van der Waals surface area contributed by atoms with Crippen LogP contribution >= 0.6 is 0 Å². The monoisotopic (exact) mass is 456 g/mol. The average molecular weight is 456 g/mol. The second-order valence-corrected chi connectivity index (χ2v) is 7.37. The third-order valence-corrected chi connectivity index (χ3v) is 5.07. The Morgan fingerprint density at radius 1 is 1.15 bits per heavy atom. The fourth-order valence-electron chi connectivity index (χ4n) is 3.55. The molecule has 0 amide bonds. The number of halogens is 2. The zero-order chi connectivity index (χ0) is 23.2. The number of nitrogens with zero attached hydrogens (tertiary/aromatic N) is 2. The Balaban J connectivity index is 1.74. The summed E-state index contributed by atoms with van der Waals surface area (Å²) in [4.78, 5) is 17.5. The predicted molar refractivity (Wildman–Crippen MR) is 116 cm³/mol. The van der Waals surface area contributed by atoms with E-state index in [4.69, 9.17) is 9.47 Å². The van der Waals surface area contributed by atoms with E-state index >= 15 is 0 Å². The molecule has 9 heteroatoms. The molecule has 0 aliphatic carbocycles. The third kappa shape index (κ3) is 5.75. The lowest BCUT2D eigenvalue weighted by Gasteiger charge is -2.27. The van der Waals surface area contributed by atoms with Crippen molar-refractivity contribution < 1.29 is 32.9 Å². The van der Waals surface area contributed by atoms with Crippen molar-refractivity contribution >= 4 is 17.3 Å². The van der Waals surface area contributed by atoms with Gasteiger partial charge in [-0.25, -0.2) is 4.79 Å². The SMILES string of the molecule is O=C(O)c1cccc(N(Cc2cccnc2)c2ccc(OC(F)F)c(OC3CCCO3)c2)c1. The van der Waals surface area contributed by atoms with E-state index in [0.717, 1.165) is 12.0 Å². The molecular weight excluding hydrogens is 434 g/mol. The number of pyridine rings is 1. The van der Waals surface area contributed by atoms with Crippen LogP contribution in [0.5, 0.6) is 11.5 Å². The van der Waals surface area contributed by atoms with Crippen LogP contribution in [0.1, 0.15) is 28.8 Å². The zero-order valence-corrected chi connectivity index (χ0v) is 17.6. The number of carboxylic acid groups (broad SMARTS) is 1. The molecule has 2 aromatic carbocycles. The van der Waals surface area contributed by atoms with Crippen molar-refractivity contribution in [1.82, 2.24) is 4.98 Å². The molecule has 3 aromatic rings. The molecule has 1 unspecified atom stereocenters. The highest BCUT2D eigenvalue weighted by Gasteiger charge is 2.22. The van der Waals surface area contributed by atoms with Gasteiger partial charge < -0.3 is 24.2 Å². The van der Waals surface area contributed by atoms with Crippen LogP contribution in [0, 0.1) is 0 Å². The van der Waals surface area contributed by atoms with Gasteiger partial charge in [0, 0.05) is 42.8 Å². The molecule has 2 heterocycles. The van der Waals surface area contributed by atoms with Gasteiger partial charge in [0.05, 0.1) is 12.2 Å². The number of hydrogen-bond donors (Lipinski definition) is 1. The largest absolute Gasteiger partial charge is 0.478 e. The summed E-state index contributed by atoms with van der Waals surface area (Å²) < 4.78 is 41.9. The maximum absolute atomic E-state index is 13.0. The number of carboxylic acids is 1. The van der Waals surface area contributed by atoms with E-state index in [-0.39, 0.29) is 17.1 Å². The van der Waals surface area contributed by atoms with Crippen LogP contribution < -0.4 is 14.4 Å². The number of alkyl halides is 2. The molecule has 1 N–H and O–H groups in total. The van der Waals surface area contributed by atoms with Crippen molar-refractivity contribution in [2.75, 3.05) is 11.5 Å². The van der Waals surface area contributed by atoms with Gasteiger partial charge in [0.2, 0.25) is 0 Å². The number of ether oxygens (including phenoxy) is 3. The van der Waals surface area contributed by atoms with Gasteiger partial charge in [-0.05, 0) is 48.4 Å². The summed E-state index contributed by atoms with van der Waals surface area (Å²) in [6, 6.07) is 14.8. The summed E-state index contributed by atoms with van der Waals surface area (Å²) in [7, 11) is 0. The second kappa shape index (κ2) is 10.3. The molecule has 4 rings (SSSR count). The van der Waals surface area contributed by atoms with E-state index in [2.05, 4.69) is 9.72 Å². The maximum Gasteiger partial charge on any atom is 0.387 e. The normalized spacial score (nSPS) is 15.4. The number of carbonyl (C=O) groups is 1. The van der Waals surface area contributed by atoms with Crippen molar-refractivity contribution in [3.8, 4) is 11.5 Å². The van der Waals surface area contributed by atoms with Crippen molar-refractivity contribution in [3.05, 3.63) is 78.1 Å². The molecule has 1 saturated heterocycles. The summed E-state index contributed by atoms with van der Waals surface area (Å²) in [5.74, 6) is -1.04. The highest BCUT2D eigenvalue weighted by atomic mass is 19.3. The summed E-state index contributed by atoms with van der Waals surface area (Å²) in [5, 5.41) is 9.43. The van der Waals surface area contributed by atoms with Gasteiger partial charge in [0.25, 0.3) is 0 Å². The Kier molecular flexibility index (Phi) is 6.99. The summed E-state index contributed by atoms with van der Waals surface area (Å²) in [6.45, 7) is -2.13. The van der Waals surface area contributed by atoms with Crippen molar-refractivity contribution in [2.45, 2.75) is 32.3 Å². The van der Waals surface area contributed by atoms with E-state index in [1.54, 1.807) is 48.8 Å². The number of rotatable bonds is 9. The molecule has 7 nitrogen and oxygen atoms in total. The number of anilines is 2. The maximum atomic E-state index is 13.0. The second-order valence-electron chi connectivity index (χ2n) is 7.37.